The Labute approximate surface area is 154 Å². The third-order valence-electron chi connectivity index (χ3n) is 3.45. The fourth-order valence-electron chi connectivity index (χ4n) is 2.04. The molecule has 26 heavy (non-hydrogen) atoms. The quantitative estimate of drug-likeness (QED) is 0.614. The molecule has 0 aliphatic carbocycles. The first-order chi connectivity index (χ1) is 12.3. The minimum absolute atomic E-state index is 0.0472. The average molecular weight is 378 g/mol. The minimum Gasteiger partial charge on any atom is -0.481 e. The van der Waals surface area contributed by atoms with Crippen molar-refractivity contribution in [3.8, 4) is 5.75 Å². The number of ether oxygens (including phenoxy) is 1. The SMILES string of the molecule is Cc1ccc(C(=O)NNC(=O)C(C)Oc2cccc(Cl)c2)cc1[N+](=O)[O-]. The molecule has 2 rings (SSSR count). The van der Waals surface area contributed by atoms with Gasteiger partial charge in [0, 0.05) is 22.2 Å². The molecule has 2 amide bonds. The second kappa shape index (κ2) is 8.30. The fraction of sp³-hybridized carbons (Fsp3) is 0.176. The normalized spacial score (nSPS) is 11.3. The Morgan fingerprint density at radius 2 is 1.92 bits per heavy atom. The van der Waals surface area contributed by atoms with Gasteiger partial charge in [-0.1, -0.05) is 23.7 Å². The van der Waals surface area contributed by atoms with Crippen molar-refractivity contribution in [1.82, 2.24) is 10.9 Å². The summed E-state index contributed by atoms with van der Waals surface area (Å²) >= 11 is 5.84. The van der Waals surface area contributed by atoms with Crippen LogP contribution < -0.4 is 15.6 Å². The molecule has 0 bridgehead atoms. The molecule has 1 atom stereocenters. The molecule has 0 fully saturated rings. The van der Waals surface area contributed by atoms with Crippen molar-refractivity contribution in [2.24, 2.45) is 0 Å². The van der Waals surface area contributed by atoms with Crippen LogP contribution in [-0.4, -0.2) is 22.8 Å². The van der Waals surface area contributed by atoms with Gasteiger partial charge in [0.15, 0.2) is 6.10 Å². The molecule has 1 unspecified atom stereocenters. The van der Waals surface area contributed by atoms with Crippen LogP contribution in [0.4, 0.5) is 5.69 Å². The molecular weight excluding hydrogens is 362 g/mol. The maximum atomic E-state index is 12.1. The third-order valence-corrected chi connectivity index (χ3v) is 3.68. The van der Waals surface area contributed by atoms with Gasteiger partial charge < -0.3 is 4.74 Å². The number of hydrogen-bond donors (Lipinski definition) is 2. The van der Waals surface area contributed by atoms with E-state index in [1.807, 2.05) is 0 Å². The standard InChI is InChI=1S/C17H16ClN3O5/c1-10-6-7-12(8-15(10)21(24)25)17(23)20-19-16(22)11(2)26-14-5-3-4-13(18)9-14/h3-9,11H,1-2H3,(H,19,22)(H,20,23). The van der Waals surface area contributed by atoms with Crippen LogP contribution in [0.2, 0.25) is 5.02 Å². The van der Waals surface area contributed by atoms with Crippen LogP contribution in [0.1, 0.15) is 22.8 Å². The molecule has 9 heteroatoms. The highest BCUT2D eigenvalue weighted by atomic mass is 35.5. The highest BCUT2D eigenvalue weighted by Gasteiger charge is 2.18. The van der Waals surface area contributed by atoms with E-state index in [2.05, 4.69) is 10.9 Å². The molecule has 2 aromatic rings. The lowest BCUT2D eigenvalue weighted by Gasteiger charge is -2.15. The first-order valence-electron chi connectivity index (χ1n) is 7.55. The molecule has 0 aliphatic rings. The third kappa shape index (κ3) is 4.93. The number of benzene rings is 2. The number of aryl methyl sites for hydroxylation is 1. The summed E-state index contributed by atoms with van der Waals surface area (Å²) < 4.78 is 5.42. The summed E-state index contributed by atoms with van der Waals surface area (Å²) in [6, 6.07) is 10.6. The number of carbonyl (C=O) groups is 2. The number of nitrogens with zero attached hydrogens (tertiary/aromatic N) is 1. The number of rotatable bonds is 5. The molecule has 0 spiro atoms. The Bertz CT molecular complexity index is 856. The number of nitro benzene ring substituents is 1. The van der Waals surface area contributed by atoms with Gasteiger partial charge in [-0.3, -0.25) is 30.6 Å². The number of nitrogens with one attached hydrogen (secondary N) is 2. The average Bonchev–Trinajstić information content (AvgIpc) is 2.59. The van der Waals surface area contributed by atoms with E-state index in [9.17, 15) is 19.7 Å². The Balaban J connectivity index is 1.95. The molecule has 0 saturated heterocycles. The lowest BCUT2D eigenvalue weighted by atomic mass is 10.1. The summed E-state index contributed by atoms with van der Waals surface area (Å²) in [5, 5.41) is 11.4. The maximum Gasteiger partial charge on any atom is 0.279 e. The van der Waals surface area contributed by atoms with Crippen LogP contribution in [0.5, 0.6) is 5.75 Å². The minimum atomic E-state index is -0.902. The highest BCUT2D eigenvalue weighted by molar-refractivity contribution is 6.30. The summed E-state index contributed by atoms with van der Waals surface area (Å²) in [7, 11) is 0. The lowest BCUT2D eigenvalue weighted by molar-refractivity contribution is -0.385. The first-order valence-corrected chi connectivity index (χ1v) is 7.93. The monoisotopic (exact) mass is 377 g/mol. The summed E-state index contributed by atoms with van der Waals surface area (Å²) in [5.74, 6) is -0.878. The topological polar surface area (TPSA) is 111 Å². The van der Waals surface area contributed by atoms with Crippen molar-refractivity contribution in [3.05, 3.63) is 68.7 Å². The Hall–Kier alpha value is -3.13. The zero-order valence-corrected chi connectivity index (χ0v) is 14.7. The zero-order valence-electron chi connectivity index (χ0n) is 14.0. The lowest BCUT2D eigenvalue weighted by Crippen LogP contribution is -2.47. The van der Waals surface area contributed by atoms with E-state index < -0.39 is 22.8 Å². The van der Waals surface area contributed by atoms with E-state index in [0.29, 0.717) is 16.3 Å². The van der Waals surface area contributed by atoms with Crippen molar-refractivity contribution in [1.29, 1.82) is 0 Å². The summed E-state index contributed by atoms with van der Waals surface area (Å²) in [6.07, 6.45) is -0.902. The van der Waals surface area contributed by atoms with Crippen LogP contribution in [0.3, 0.4) is 0 Å². The van der Waals surface area contributed by atoms with Crippen LogP contribution in [0.15, 0.2) is 42.5 Å². The molecule has 0 radical (unpaired) electrons. The predicted octanol–water partition coefficient (Wildman–Crippen LogP) is 2.79. The number of nitro groups is 1. The number of carbonyl (C=O) groups excluding carboxylic acids is 2. The van der Waals surface area contributed by atoms with Crippen molar-refractivity contribution in [2.45, 2.75) is 20.0 Å². The molecule has 0 aromatic heterocycles. The summed E-state index contributed by atoms with van der Waals surface area (Å²) in [6.45, 7) is 3.07. The van der Waals surface area contributed by atoms with Gasteiger partial charge in [-0.2, -0.15) is 0 Å². The molecule has 8 nitrogen and oxygen atoms in total. The van der Waals surface area contributed by atoms with E-state index in [1.165, 1.54) is 19.1 Å². The van der Waals surface area contributed by atoms with Gasteiger partial charge >= 0.3 is 0 Å². The van der Waals surface area contributed by atoms with Crippen molar-refractivity contribution in [3.63, 3.8) is 0 Å². The van der Waals surface area contributed by atoms with Crippen molar-refractivity contribution in [2.75, 3.05) is 0 Å². The van der Waals surface area contributed by atoms with E-state index in [0.717, 1.165) is 6.07 Å². The van der Waals surface area contributed by atoms with Crippen LogP contribution >= 0.6 is 11.6 Å². The predicted molar refractivity (Wildman–Crippen MR) is 95.0 cm³/mol. The Kier molecular flexibility index (Phi) is 6.13. The molecule has 2 aromatic carbocycles. The van der Waals surface area contributed by atoms with Crippen LogP contribution in [-0.2, 0) is 4.79 Å². The number of hydrogen-bond acceptors (Lipinski definition) is 5. The molecule has 0 saturated carbocycles. The zero-order chi connectivity index (χ0) is 19.3. The number of halogens is 1. The molecule has 2 N–H and O–H groups in total. The van der Waals surface area contributed by atoms with Gasteiger partial charge in [-0.15, -0.1) is 0 Å². The van der Waals surface area contributed by atoms with Gasteiger partial charge in [0.1, 0.15) is 5.75 Å². The van der Waals surface area contributed by atoms with Gasteiger partial charge in [-0.05, 0) is 38.1 Å². The smallest absolute Gasteiger partial charge is 0.279 e. The second-order valence-electron chi connectivity index (χ2n) is 5.42. The van der Waals surface area contributed by atoms with E-state index in [1.54, 1.807) is 31.2 Å². The maximum absolute atomic E-state index is 12.1. The molecule has 0 aliphatic heterocycles. The number of hydrazine groups is 1. The van der Waals surface area contributed by atoms with Crippen LogP contribution in [0.25, 0.3) is 0 Å². The fourth-order valence-corrected chi connectivity index (χ4v) is 2.22. The van der Waals surface area contributed by atoms with Gasteiger partial charge in [0.25, 0.3) is 17.5 Å². The highest BCUT2D eigenvalue weighted by Crippen LogP contribution is 2.19. The molecule has 0 heterocycles. The largest absolute Gasteiger partial charge is 0.481 e. The summed E-state index contributed by atoms with van der Waals surface area (Å²) in [5.41, 5.74) is 4.71. The summed E-state index contributed by atoms with van der Waals surface area (Å²) in [4.78, 5) is 34.4. The molecule has 136 valence electrons. The van der Waals surface area contributed by atoms with E-state index in [-0.39, 0.29) is 11.3 Å². The number of amides is 2. The van der Waals surface area contributed by atoms with Crippen molar-refractivity contribution < 1.29 is 19.2 Å². The Morgan fingerprint density at radius 1 is 1.19 bits per heavy atom. The van der Waals surface area contributed by atoms with Crippen LogP contribution in [0, 0.1) is 17.0 Å². The van der Waals surface area contributed by atoms with E-state index >= 15 is 0 Å². The second-order valence-corrected chi connectivity index (χ2v) is 5.86. The first kappa shape index (κ1) is 19.2. The Morgan fingerprint density at radius 3 is 2.58 bits per heavy atom. The van der Waals surface area contributed by atoms with E-state index in [4.69, 9.17) is 16.3 Å². The van der Waals surface area contributed by atoms with Gasteiger partial charge in [-0.25, -0.2) is 0 Å². The van der Waals surface area contributed by atoms with Gasteiger partial charge in [0.05, 0.1) is 4.92 Å². The van der Waals surface area contributed by atoms with Gasteiger partial charge in [0.2, 0.25) is 0 Å². The molecular formula is C17H16ClN3O5. The van der Waals surface area contributed by atoms with Crippen molar-refractivity contribution >= 4 is 29.1 Å².